The zero-order chi connectivity index (χ0) is 12.6. The summed E-state index contributed by atoms with van der Waals surface area (Å²) in [6, 6.07) is 0. The van der Waals surface area contributed by atoms with Crippen molar-refractivity contribution in [2.45, 2.75) is 33.8 Å². The number of hydrogen-bond donors (Lipinski definition) is 3. The lowest BCUT2D eigenvalue weighted by Gasteiger charge is -2.25. The second-order valence-electron chi connectivity index (χ2n) is 5.09. The monoisotopic (exact) mass is 232 g/mol. The first kappa shape index (κ1) is 15.8. The number of rotatable bonds is 9. The number of likely N-dealkylation sites (N-methyl/N-ethyl adjacent to an activating group) is 1. The van der Waals surface area contributed by atoms with Gasteiger partial charge in [0.25, 0.3) is 0 Å². The van der Waals surface area contributed by atoms with Gasteiger partial charge in [-0.1, -0.05) is 27.7 Å². The summed E-state index contributed by atoms with van der Waals surface area (Å²) >= 11 is 0. The van der Waals surface area contributed by atoms with E-state index in [4.69, 9.17) is 5.11 Å². The van der Waals surface area contributed by atoms with Crippen LogP contribution in [0.25, 0.3) is 0 Å². The van der Waals surface area contributed by atoms with Crippen LogP contribution in [-0.4, -0.2) is 60.5 Å². The van der Waals surface area contributed by atoms with E-state index >= 15 is 0 Å². The molecule has 0 aliphatic carbocycles. The summed E-state index contributed by atoms with van der Waals surface area (Å²) < 4.78 is 0. The van der Waals surface area contributed by atoms with Crippen molar-refractivity contribution in [2.75, 3.05) is 39.3 Å². The molecule has 0 rings (SSSR count). The molecule has 16 heavy (non-hydrogen) atoms. The molecule has 0 fully saturated rings. The first-order chi connectivity index (χ1) is 7.45. The number of hydrogen-bond acceptors (Lipinski definition) is 4. The van der Waals surface area contributed by atoms with E-state index in [9.17, 15) is 5.11 Å². The summed E-state index contributed by atoms with van der Waals surface area (Å²) in [6.07, 6.45) is -0.339. The van der Waals surface area contributed by atoms with Gasteiger partial charge in [0.1, 0.15) is 0 Å². The average molecular weight is 232 g/mol. The van der Waals surface area contributed by atoms with Gasteiger partial charge in [-0.25, -0.2) is 0 Å². The fraction of sp³-hybridized carbons (Fsp3) is 1.00. The molecule has 0 spiro atoms. The summed E-state index contributed by atoms with van der Waals surface area (Å²) in [5.74, 6) is 0. The topological polar surface area (TPSA) is 55.7 Å². The van der Waals surface area contributed by atoms with Crippen molar-refractivity contribution in [3.05, 3.63) is 0 Å². The van der Waals surface area contributed by atoms with Crippen LogP contribution in [0.3, 0.4) is 0 Å². The zero-order valence-corrected chi connectivity index (χ0v) is 11.2. The van der Waals surface area contributed by atoms with Crippen molar-refractivity contribution in [2.24, 2.45) is 5.41 Å². The Hall–Kier alpha value is -0.160. The van der Waals surface area contributed by atoms with Crippen molar-refractivity contribution in [1.29, 1.82) is 0 Å². The van der Waals surface area contributed by atoms with Crippen LogP contribution in [0.4, 0.5) is 0 Å². The molecule has 3 N–H and O–H groups in total. The second kappa shape index (κ2) is 8.01. The molecule has 0 radical (unpaired) electrons. The predicted octanol–water partition coefficient (Wildman–Crippen LogP) is 0.297. The number of nitrogens with one attached hydrogen (secondary N) is 1. The second-order valence-corrected chi connectivity index (χ2v) is 5.09. The predicted molar refractivity (Wildman–Crippen MR) is 67.5 cm³/mol. The van der Waals surface area contributed by atoms with Crippen molar-refractivity contribution in [3.63, 3.8) is 0 Å². The lowest BCUT2D eigenvalue weighted by atomic mass is 9.95. The SMILES string of the molecule is CCN(CC)CC(O)CNCC(C)(C)CO. The Bertz CT molecular complexity index is 170. The largest absolute Gasteiger partial charge is 0.396 e. The minimum atomic E-state index is -0.339. The standard InChI is InChI=1S/C12H28N2O2/c1-5-14(6-2)8-11(16)7-13-9-12(3,4)10-15/h11,13,15-16H,5-10H2,1-4H3. The van der Waals surface area contributed by atoms with Crippen LogP contribution in [0.2, 0.25) is 0 Å². The van der Waals surface area contributed by atoms with Crippen molar-refractivity contribution in [1.82, 2.24) is 10.2 Å². The maximum Gasteiger partial charge on any atom is 0.0791 e. The fourth-order valence-corrected chi connectivity index (χ4v) is 1.48. The summed E-state index contributed by atoms with van der Waals surface area (Å²) in [5.41, 5.74) is -0.116. The van der Waals surface area contributed by atoms with Gasteiger partial charge in [0.2, 0.25) is 0 Å². The maximum absolute atomic E-state index is 9.78. The van der Waals surface area contributed by atoms with Crippen molar-refractivity contribution >= 4 is 0 Å². The molecular formula is C12H28N2O2. The summed E-state index contributed by atoms with van der Waals surface area (Å²) in [5, 5.41) is 22.0. The molecule has 98 valence electrons. The van der Waals surface area contributed by atoms with E-state index in [-0.39, 0.29) is 18.1 Å². The molecule has 4 heteroatoms. The molecule has 0 aromatic heterocycles. The highest BCUT2D eigenvalue weighted by molar-refractivity contribution is 4.72. The van der Waals surface area contributed by atoms with Gasteiger partial charge in [0.15, 0.2) is 0 Å². The fourth-order valence-electron chi connectivity index (χ4n) is 1.48. The Balaban J connectivity index is 3.69. The Labute approximate surface area is 99.7 Å². The molecule has 0 bridgehead atoms. The molecular weight excluding hydrogens is 204 g/mol. The highest BCUT2D eigenvalue weighted by Gasteiger charge is 2.16. The number of aliphatic hydroxyl groups excluding tert-OH is 2. The first-order valence-corrected chi connectivity index (χ1v) is 6.17. The minimum Gasteiger partial charge on any atom is -0.396 e. The molecule has 1 atom stereocenters. The molecule has 4 nitrogen and oxygen atoms in total. The molecule has 0 aromatic rings. The molecule has 0 saturated carbocycles. The lowest BCUT2D eigenvalue weighted by molar-refractivity contribution is 0.107. The maximum atomic E-state index is 9.78. The molecule has 0 amide bonds. The Morgan fingerprint density at radius 3 is 2.25 bits per heavy atom. The smallest absolute Gasteiger partial charge is 0.0791 e. The average Bonchev–Trinajstić information content (AvgIpc) is 2.25. The van der Waals surface area contributed by atoms with Crippen molar-refractivity contribution < 1.29 is 10.2 Å². The third kappa shape index (κ3) is 7.17. The quantitative estimate of drug-likeness (QED) is 0.535. The third-order valence-electron chi connectivity index (χ3n) is 2.77. The van der Waals surface area contributed by atoms with Gasteiger partial charge in [-0.15, -0.1) is 0 Å². The summed E-state index contributed by atoms with van der Waals surface area (Å²) in [6.45, 7) is 12.3. The van der Waals surface area contributed by atoms with E-state index in [1.165, 1.54) is 0 Å². The molecule has 1 unspecified atom stereocenters. The van der Waals surface area contributed by atoms with Gasteiger partial charge in [-0.3, -0.25) is 0 Å². The van der Waals surface area contributed by atoms with E-state index in [0.717, 1.165) is 19.6 Å². The van der Waals surface area contributed by atoms with Gasteiger partial charge in [-0.05, 0) is 13.1 Å². The van der Waals surface area contributed by atoms with Gasteiger partial charge < -0.3 is 20.4 Å². The highest BCUT2D eigenvalue weighted by Crippen LogP contribution is 2.10. The number of nitrogens with zero attached hydrogens (tertiary/aromatic N) is 1. The first-order valence-electron chi connectivity index (χ1n) is 6.17. The molecule has 0 heterocycles. The van der Waals surface area contributed by atoms with Crippen LogP contribution in [0.5, 0.6) is 0 Å². The van der Waals surface area contributed by atoms with E-state index in [2.05, 4.69) is 24.1 Å². The highest BCUT2D eigenvalue weighted by atomic mass is 16.3. The Morgan fingerprint density at radius 1 is 1.25 bits per heavy atom. The molecule has 0 aliphatic heterocycles. The van der Waals surface area contributed by atoms with Crippen LogP contribution in [-0.2, 0) is 0 Å². The Morgan fingerprint density at radius 2 is 1.81 bits per heavy atom. The normalized spacial score (nSPS) is 14.4. The van der Waals surface area contributed by atoms with Crippen LogP contribution in [0, 0.1) is 5.41 Å². The summed E-state index contributed by atoms with van der Waals surface area (Å²) in [7, 11) is 0. The van der Waals surface area contributed by atoms with E-state index in [1.54, 1.807) is 0 Å². The third-order valence-corrected chi connectivity index (χ3v) is 2.77. The van der Waals surface area contributed by atoms with Crippen molar-refractivity contribution in [3.8, 4) is 0 Å². The minimum absolute atomic E-state index is 0.116. The van der Waals surface area contributed by atoms with Gasteiger partial charge in [0, 0.05) is 31.7 Å². The van der Waals surface area contributed by atoms with Crippen LogP contribution in [0.1, 0.15) is 27.7 Å². The van der Waals surface area contributed by atoms with Gasteiger partial charge in [0.05, 0.1) is 6.10 Å². The molecule has 0 aliphatic rings. The summed E-state index contributed by atoms with van der Waals surface area (Å²) in [4.78, 5) is 2.20. The van der Waals surface area contributed by atoms with E-state index in [0.29, 0.717) is 13.1 Å². The molecule has 0 aromatic carbocycles. The van der Waals surface area contributed by atoms with Crippen LogP contribution in [0.15, 0.2) is 0 Å². The Kier molecular flexibility index (Phi) is 7.93. The van der Waals surface area contributed by atoms with E-state index in [1.807, 2.05) is 13.8 Å². The number of aliphatic hydroxyl groups is 2. The van der Waals surface area contributed by atoms with Gasteiger partial charge in [-0.2, -0.15) is 0 Å². The molecule has 0 saturated heterocycles. The van der Waals surface area contributed by atoms with Crippen LogP contribution >= 0.6 is 0 Å². The van der Waals surface area contributed by atoms with Gasteiger partial charge >= 0.3 is 0 Å². The zero-order valence-electron chi connectivity index (χ0n) is 11.2. The lowest BCUT2D eigenvalue weighted by Crippen LogP contribution is -2.41. The van der Waals surface area contributed by atoms with Crippen LogP contribution < -0.4 is 5.32 Å². The van der Waals surface area contributed by atoms with E-state index < -0.39 is 0 Å².